The lowest BCUT2D eigenvalue weighted by Crippen LogP contribution is -2.21. The van der Waals surface area contributed by atoms with Crippen LogP contribution >= 0.6 is 15.9 Å². The summed E-state index contributed by atoms with van der Waals surface area (Å²) in [5.41, 5.74) is 8.56. The van der Waals surface area contributed by atoms with Gasteiger partial charge < -0.3 is 11.1 Å². The third-order valence-electron chi connectivity index (χ3n) is 3.28. The molecule has 0 amide bonds. The number of rotatable bonds is 3. The zero-order chi connectivity index (χ0) is 11.5. The Morgan fingerprint density at radius 3 is 2.88 bits per heavy atom. The SMILES string of the molecule is CCc1cc(Br)ccc1NC1CCC(N)C1. The quantitative estimate of drug-likeness (QED) is 0.893. The second kappa shape index (κ2) is 5.19. The van der Waals surface area contributed by atoms with Crippen molar-refractivity contribution < 1.29 is 0 Å². The Morgan fingerprint density at radius 2 is 2.25 bits per heavy atom. The molecule has 2 unspecified atom stereocenters. The van der Waals surface area contributed by atoms with E-state index >= 15 is 0 Å². The minimum Gasteiger partial charge on any atom is -0.382 e. The van der Waals surface area contributed by atoms with Gasteiger partial charge in [0.2, 0.25) is 0 Å². The predicted octanol–water partition coefficient (Wildman–Crippen LogP) is 3.30. The average molecular weight is 283 g/mol. The van der Waals surface area contributed by atoms with E-state index < -0.39 is 0 Å². The number of halogens is 1. The number of aryl methyl sites for hydroxylation is 1. The first-order chi connectivity index (χ1) is 7.69. The summed E-state index contributed by atoms with van der Waals surface area (Å²) < 4.78 is 1.15. The Bertz CT molecular complexity index is 365. The smallest absolute Gasteiger partial charge is 0.0375 e. The van der Waals surface area contributed by atoms with Crippen LogP contribution in [0.2, 0.25) is 0 Å². The normalized spacial score (nSPS) is 24.7. The number of hydrogen-bond acceptors (Lipinski definition) is 2. The van der Waals surface area contributed by atoms with E-state index in [1.165, 1.54) is 17.7 Å². The van der Waals surface area contributed by atoms with Gasteiger partial charge in [-0.3, -0.25) is 0 Å². The van der Waals surface area contributed by atoms with Crippen molar-refractivity contribution in [3.8, 4) is 0 Å². The van der Waals surface area contributed by atoms with Gasteiger partial charge in [0, 0.05) is 22.2 Å². The van der Waals surface area contributed by atoms with Gasteiger partial charge in [0.1, 0.15) is 0 Å². The minimum atomic E-state index is 0.387. The van der Waals surface area contributed by atoms with Crippen molar-refractivity contribution in [2.24, 2.45) is 5.73 Å². The number of nitrogens with one attached hydrogen (secondary N) is 1. The van der Waals surface area contributed by atoms with Gasteiger partial charge in [-0.05, 0) is 49.4 Å². The number of anilines is 1. The summed E-state index contributed by atoms with van der Waals surface area (Å²) in [6.45, 7) is 2.19. The van der Waals surface area contributed by atoms with Crippen LogP contribution in [0, 0.1) is 0 Å². The van der Waals surface area contributed by atoms with E-state index in [0.717, 1.165) is 23.7 Å². The van der Waals surface area contributed by atoms with Crippen LogP contribution in [0.3, 0.4) is 0 Å². The van der Waals surface area contributed by atoms with Crippen LogP contribution in [0.25, 0.3) is 0 Å². The van der Waals surface area contributed by atoms with Crippen molar-refractivity contribution in [1.82, 2.24) is 0 Å². The third-order valence-corrected chi connectivity index (χ3v) is 3.77. The van der Waals surface area contributed by atoms with Gasteiger partial charge in [0.25, 0.3) is 0 Å². The van der Waals surface area contributed by atoms with Crippen LogP contribution in [-0.2, 0) is 6.42 Å². The topological polar surface area (TPSA) is 38.0 Å². The highest BCUT2D eigenvalue weighted by Crippen LogP contribution is 2.26. The van der Waals surface area contributed by atoms with Gasteiger partial charge in [-0.25, -0.2) is 0 Å². The molecule has 2 rings (SSSR count). The highest BCUT2D eigenvalue weighted by atomic mass is 79.9. The number of hydrogen-bond donors (Lipinski definition) is 2. The first kappa shape index (κ1) is 11.9. The molecule has 2 nitrogen and oxygen atoms in total. The summed E-state index contributed by atoms with van der Waals surface area (Å²) in [5.74, 6) is 0. The molecule has 0 aliphatic heterocycles. The van der Waals surface area contributed by atoms with Crippen LogP contribution < -0.4 is 11.1 Å². The Labute approximate surface area is 106 Å². The van der Waals surface area contributed by atoms with E-state index in [1.54, 1.807) is 0 Å². The zero-order valence-electron chi connectivity index (χ0n) is 9.67. The molecule has 0 saturated heterocycles. The second-order valence-corrected chi connectivity index (χ2v) is 5.49. The molecular weight excluding hydrogens is 264 g/mol. The Kier molecular flexibility index (Phi) is 3.87. The van der Waals surface area contributed by atoms with Gasteiger partial charge in [-0.1, -0.05) is 22.9 Å². The van der Waals surface area contributed by atoms with E-state index in [-0.39, 0.29) is 0 Å². The van der Waals surface area contributed by atoms with Crippen LogP contribution in [0.5, 0.6) is 0 Å². The monoisotopic (exact) mass is 282 g/mol. The first-order valence-corrected chi connectivity index (χ1v) is 6.79. The highest BCUT2D eigenvalue weighted by Gasteiger charge is 2.21. The lowest BCUT2D eigenvalue weighted by Gasteiger charge is -2.17. The van der Waals surface area contributed by atoms with Crippen molar-refractivity contribution >= 4 is 21.6 Å². The number of nitrogens with two attached hydrogens (primary N) is 1. The van der Waals surface area contributed by atoms with Crippen LogP contribution in [0.1, 0.15) is 31.7 Å². The molecule has 3 N–H and O–H groups in total. The molecule has 1 aromatic rings. The molecule has 3 heteroatoms. The Balaban J connectivity index is 2.08. The third kappa shape index (κ3) is 2.77. The summed E-state index contributed by atoms with van der Waals surface area (Å²) in [4.78, 5) is 0. The van der Waals surface area contributed by atoms with Crippen molar-refractivity contribution in [3.05, 3.63) is 28.2 Å². The number of benzene rings is 1. The van der Waals surface area contributed by atoms with Crippen LogP contribution in [-0.4, -0.2) is 12.1 Å². The Hall–Kier alpha value is -0.540. The van der Waals surface area contributed by atoms with Crippen molar-refractivity contribution in [3.63, 3.8) is 0 Å². The maximum absolute atomic E-state index is 5.93. The molecule has 2 atom stereocenters. The van der Waals surface area contributed by atoms with Gasteiger partial charge in [0.05, 0.1) is 0 Å². The maximum Gasteiger partial charge on any atom is 0.0375 e. The van der Waals surface area contributed by atoms with E-state index in [0.29, 0.717) is 12.1 Å². The van der Waals surface area contributed by atoms with Crippen molar-refractivity contribution in [2.75, 3.05) is 5.32 Å². The molecule has 0 spiro atoms. The molecule has 1 aliphatic carbocycles. The van der Waals surface area contributed by atoms with Gasteiger partial charge in [0.15, 0.2) is 0 Å². The predicted molar refractivity (Wildman–Crippen MR) is 72.8 cm³/mol. The standard InChI is InChI=1S/C13H19BrN2/c1-2-9-7-10(14)3-6-13(9)16-12-5-4-11(15)8-12/h3,6-7,11-12,16H,2,4-5,8,15H2,1H3. The van der Waals surface area contributed by atoms with Crippen molar-refractivity contribution in [2.45, 2.75) is 44.7 Å². The Morgan fingerprint density at radius 1 is 1.44 bits per heavy atom. The maximum atomic E-state index is 5.93. The molecule has 0 bridgehead atoms. The summed E-state index contributed by atoms with van der Waals surface area (Å²) in [6, 6.07) is 7.39. The van der Waals surface area contributed by atoms with E-state index in [1.807, 2.05) is 0 Å². The summed E-state index contributed by atoms with van der Waals surface area (Å²) in [5, 5.41) is 3.62. The van der Waals surface area contributed by atoms with Crippen LogP contribution in [0.15, 0.2) is 22.7 Å². The molecule has 1 saturated carbocycles. The van der Waals surface area contributed by atoms with E-state index in [4.69, 9.17) is 5.73 Å². The van der Waals surface area contributed by atoms with Gasteiger partial charge >= 0.3 is 0 Å². The fourth-order valence-corrected chi connectivity index (χ4v) is 2.77. The molecule has 88 valence electrons. The molecule has 1 fully saturated rings. The van der Waals surface area contributed by atoms with Crippen molar-refractivity contribution in [1.29, 1.82) is 0 Å². The fraction of sp³-hybridized carbons (Fsp3) is 0.538. The lowest BCUT2D eigenvalue weighted by atomic mass is 10.1. The average Bonchev–Trinajstić information content (AvgIpc) is 2.67. The largest absolute Gasteiger partial charge is 0.382 e. The molecule has 0 radical (unpaired) electrons. The second-order valence-electron chi connectivity index (χ2n) is 4.57. The fourth-order valence-electron chi connectivity index (χ4n) is 2.36. The molecule has 16 heavy (non-hydrogen) atoms. The highest BCUT2D eigenvalue weighted by molar-refractivity contribution is 9.10. The molecule has 1 aliphatic rings. The molecular formula is C13H19BrN2. The van der Waals surface area contributed by atoms with E-state index in [2.05, 4.69) is 46.4 Å². The summed E-state index contributed by atoms with van der Waals surface area (Å²) >= 11 is 3.51. The lowest BCUT2D eigenvalue weighted by molar-refractivity contribution is 0.687. The molecule has 0 heterocycles. The van der Waals surface area contributed by atoms with Crippen LogP contribution in [0.4, 0.5) is 5.69 Å². The minimum absolute atomic E-state index is 0.387. The summed E-state index contributed by atoms with van der Waals surface area (Å²) in [7, 11) is 0. The summed E-state index contributed by atoms with van der Waals surface area (Å²) in [6.07, 6.45) is 4.50. The first-order valence-electron chi connectivity index (χ1n) is 5.99. The van der Waals surface area contributed by atoms with E-state index in [9.17, 15) is 0 Å². The van der Waals surface area contributed by atoms with Gasteiger partial charge in [-0.2, -0.15) is 0 Å². The molecule has 1 aromatic carbocycles. The zero-order valence-corrected chi connectivity index (χ0v) is 11.3. The van der Waals surface area contributed by atoms with Gasteiger partial charge in [-0.15, -0.1) is 0 Å². The molecule has 0 aromatic heterocycles.